The minimum Gasteiger partial charge on any atom is -0.377 e. The third kappa shape index (κ3) is 2.58. The molecule has 4 heteroatoms. The van der Waals surface area contributed by atoms with Gasteiger partial charge in [-0.1, -0.05) is 0 Å². The van der Waals surface area contributed by atoms with E-state index in [2.05, 4.69) is 83.8 Å². The Hall–Kier alpha value is -2.10. The molecular weight excluding hydrogens is 260 g/mol. The zero-order valence-electron chi connectivity index (χ0n) is 13.4. The van der Waals surface area contributed by atoms with Crippen LogP contribution in [0.15, 0.2) is 36.7 Å². The minimum atomic E-state index is 1.07. The molecule has 0 fully saturated rings. The zero-order valence-corrected chi connectivity index (χ0v) is 13.4. The predicted molar refractivity (Wildman–Crippen MR) is 85.5 cm³/mol. The van der Waals surface area contributed by atoms with Gasteiger partial charge >= 0.3 is 0 Å². The van der Waals surface area contributed by atoms with Crippen molar-refractivity contribution in [3.8, 4) is 11.4 Å². The van der Waals surface area contributed by atoms with E-state index < -0.39 is 0 Å². The van der Waals surface area contributed by atoms with Crippen molar-refractivity contribution in [1.82, 2.24) is 0 Å². The first-order valence-electron chi connectivity index (χ1n) is 7.48. The molecule has 3 heterocycles. The molecule has 0 saturated carbocycles. The van der Waals surface area contributed by atoms with Gasteiger partial charge in [-0.15, -0.1) is 0 Å². The lowest BCUT2D eigenvalue weighted by molar-refractivity contribution is -0.687. The van der Waals surface area contributed by atoms with Crippen LogP contribution >= 0.6 is 0 Å². The molecule has 0 saturated heterocycles. The molecule has 0 aromatic carbocycles. The molecule has 110 valence electrons. The van der Waals surface area contributed by atoms with E-state index in [9.17, 15) is 0 Å². The summed E-state index contributed by atoms with van der Waals surface area (Å²) < 4.78 is 4.73. The summed E-state index contributed by atoms with van der Waals surface area (Å²) in [6.45, 7) is 2.14. The van der Waals surface area contributed by atoms with Crippen LogP contribution in [0, 0.1) is 0 Å². The fourth-order valence-electron chi connectivity index (χ4n) is 2.84. The van der Waals surface area contributed by atoms with Crippen LogP contribution in [0.4, 0.5) is 11.4 Å². The van der Waals surface area contributed by atoms with Gasteiger partial charge in [-0.05, 0) is 0 Å². The van der Waals surface area contributed by atoms with Gasteiger partial charge in [-0.2, -0.15) is 9.13 Å². The molecule has 0 bridgehead atoms. The van der Waals surface area contributed by atoms with Crippen molar-refractivity contribution in [3.05, 3.63) is 36.7 Å². The molecule has 1 aliphatic heterocycles. The Labute approximate surface area is 126 Å². The number of fused-ring (bicyclic) bond motifs is 3. The smallest absolute Gasteiger partial charge is 0.279 e. The van der Waals surface area contributed by atoms with Crippen molar-refractivity contribution in [2.24, 2.45) is 0 Å². The molecule has 4 nitrogen and oxygen atoms in total. The molecule has 2 aromatic rings. The van der Waals surface area contributed by atoms with Crippen LogP contribution < -0.4 is 18.9 Å². The van der Waals surface area contributed by atoms with Crippen LogP contribution in [-0.2, 0) is 13.1 Å². The van der Waals surface area contributed by atoms with Gasteiger partial charge in [0, 0.05) is 63.8 Å². The number of rotatable bonds is 2. The van der Waals surface area contributed by atoms with E-state index in [0.717, 1.165) is 19.5 Å². The molecule has 0 amide bonds. The highest BCUT2D eigenvalue weighted by Gasteiger charge is 2.28. The van der Waals surface area contributed by atoms with Gasteiger partial charge in [0.05, 0.1) is 6.42 Å². The van der Waals surface area contributed by atoms with Crippen molar-refractivity contribution in [1.29, 1.82) is 0 Å². The van der Waals surface area contributed by atoms with Crippen molar-refractivity contribution < 1.29 is 9.13 Å². The van der Waals surface area contributed by atoms with Crippen molar-refractivity contribution >= 4 is 11.4 Å². The number of aryl methyl sites for hydroxylation is 2. The first kappa shape index (κ1) is 13.9. The van der Waals surface area contributed by atoms with Crippen LogP contribution in [0.3, 0.4) is 0 Å². The number of hydrogen-bond acceptors (Lipinski definition) is 2. The lowest BCUT2D eigenvalue weighted by atomic mass is 10.2. The minimum absolute atomic E-state index is 1.07. The van der Waals surface area contributed by atoms with Crippen molar-refractivity contribution in [2.75, 3.05) is 38.0 Å². The monoisotopic (exact) mass is 284 g/mol. The van der Waals surface area contributed by atoms with E-state index in [4.69, 9.17) is 0 Å². The summed E-state index contributed by atoms with van der Waals surface area (Å²) in [4.78, 5) is 4.32. The first-order valence-corrected chi connectivity index (χ1v) is 7.48. The zero-order chi connectivity index (χ0) is 15.0. The molecule has 1 aliphatic rings. The van der Waals surface area contributed by atoms with E-state index in [1.165, 1.54) is 22.8 Å². The number of hydrogen-bond donors (Lipinski definition) is 0. The fourth-order valence-corrected chi connectivity index (χ4v) is 2.84. The third-order valence-electron chi connectivity index (χ3n) is 4.13. The molecule has 0 unspecified atom stereocenters. The Morgan fingerprint density at radius 3 is 1.57 bits per heavy atom. The van der Waals surface area contributed by atoms with Gasteiger partial charge in [-0.25, -0.2) is 0 Å². The summed E-state index contributed by atoms with van der Waals surface area (Å²) in [5.41, 5.74) is 5.07. The molecule has 21 heavy (non-hydrogen) atoms. The Morgan fingerprint density at radius 1 is 0.762 bits per heavy atom. The highest BCUT2D eigenvalue weighted by molar-refractivity contribution is 5.60. The first-order chi connectivity index (χ1) is 10.1. The average molecular weight is 284 g/mol. The van der Waals surface area contributed by atoms with Gasteiger partial charge in [-0.3, -0.25) is 0 Å². The second-order valence-corrected chi connectivity index (χ2v) is 6.07. The third-order valence-corrected chi connectivity index (χ3v) is 4.13. The summed E-state index contributed by atoms with van der Waals surface area (Å²) in [7, 11) is 8.36. The maximum atomic E-state index is 2.37. The Bertz CT molecular complexity index is 604. The molecular formula is C17H24N4+2. The Morgan fingerprint density at radius 2 is 1.19 bits per heavy atom. The molecule has 0 aliphatic carbocycles. The Kier molecular flexibility index (Phi) is 3.53. The van der Waals surface area contributed by atoms with E-state index in [-0.39, 0.29) is 0 Å². The number of anilines is 2. The standard InChI is InChI=1S/C17H24N4/c1-18(2)14-6-10-20-8-5-9-21-11-7-15(19(3)4)13-17(21)16(20)12-14/h6-7,10-13H,5,8-9H2,1-4H3/q+2. The normalized spacial score (nSPS) is 13.1. The largest absolute Gasteiger partial charge is 0.377 e. The topological polar surface area (TPSA) is 14.2 Å². The fraction of sp³-hybridized carbons (Fsp3) is 0.412. The summed E-state index contributed by atoms with van der Waals surface area (Å²) in [5.74, 6) is 0. The van der Waals surface area contributed by atoms with Gasteiger partial charge in [0.15, 0.2) is 25.5 Å². The van der Waals surface area contributed by atoms with E-state index in [0.29, 0.717) is 0 Å². The second kappa shape index (κ2) is 5.35. The van der Waals surface area contributed by atoms with Crippen LogP contribution in [-0.4, -0.2) is 28.2 Å². The lowest BCUT2D eigenvalue weighted by Crippen LogP contribution is -2.37. The molecule has 3 rings (SSSR count). The van der Waals surface area contributed by atoms with Gasteiger partial charge in [0.2, 0.25) is 0 Å². The molecule has 0 radical (unpaired) electrons. The predicted octanol–water partition coefficient (Wildman–Crippen LogP) is 1.46. The molecule has 0 atom stereocenters. The van der Waals surface area contributed by atoms with Gasteiger partial charge < -0.3 is 9.80 Å². The van der Waals surface area contributed by atoms with Crippen LogP contribution in [0.5, 0.6) is 0 Å². The molecule has 2 aromatic heterocycles. The van der Waals surface area contributed by atoms with E-state index in [1.807, 2.05) is 0 Å². The summed E-state index contributed by atoms with van der Waals surface area (Å²) in [6, 6.07) is 8.96. The quantitative estimate of drug-likeness (QED) is 0.775. The summed E-state index contributed by atoms with van der Waals surface area (Å²) >= 11 is 0. The van der Waals surface area contributed by atoms with Gasteiger partial charge in [0.25, 0.3) is 11.4 Å². The highest BCUT2D eigenvalue weighted by Crippen LogP contribution is 2.22. The average Bonchev–Trinajstić information content (AvgIpc) is 2.65. The number of nitrogens with zero attached hydrogens (tertiary/aromatic N) is 4. The maximum Gasteiger partial charge on any atom is 0.279 e. The molecule has 0 spiro atoms. The Balaban J connectivity index is 2.20. The number of pyridine rings is 2. The van der Waals surface area contributed by atoms with Crippen LogP contribution in [0.25, 0.3) is 11.4 Å². The maximum absolute atomic E-state index is 2.37. The number of aromatic nitrogens is 2. The SMILES string of the molecule is CN(C)c1cc[n+]2c(c1)-c1cc(N(C)C)cc[n+]1CCC2. The van der Waals surface area contributed by atoms with Gasteiger partial charge in [0.1, 0.15) is 0 Å². The van der Waals surface area contributed by atoms with Crippen LogP contribution in [0.1, 0.15) is 6.42 Å². The van der Waals surface area contributed by atoms with Crippen molar-refractivity contribution in [3.63, 3.8) is 0 Å². The summed E-state index contributed by atoms with van der Waals surface area (Å²) in [5, 5.41) is 0. The lowest BCUT2D eigenvalue weighted by Gasteiger charge is -2.13. The van der Waals surface area contributed by atoms with E-state index in [1.54, 1.807) is 0 Å². The highest BCUT2D eigenvalue weighted by atomic mass is 15.1. The van der Waals surface area contributed by atoms with E-state index >= 15 is 0 Å². The van der Waals surface area contributed by atoms with Crippen molar-refractivity contribution in [2.45, 2.75) is 19.5 Å². The van der Waals surface area contributed by atoms with Crippen LogP contribution in [0.2, 0.25) is 0 Å². The molecule has 0 N–H and O–H groups in total. The second-order valence-electron chi connectivity index (χ2n) is 6.07. The summed E-state index contributed by atoms with van der Waals surface area (Å²) in [6.07, 6.45) is 5.59.